The monoisotopic (exact) mass is 562 g/mol. The number of ether oxygens (including phenoxy) is 2. The van der Waals surface area contributed by atoms with Crippen LogP contribution in [0.5, 0.6) is 0 Å². The van der Waals surface area contributed by atoms with Gasteiger partial charge in [0.25, 0.3) is 0 Å². The minimum Gasteiger partial charge on any atom is -0.462 e. The van der Waals surface area contributed by atoms with Crippen molar-refractivity contribution in [2.24, 2.45) is 35.5 Å². The van der Waals surface area contributed by atoms with Gasteiger partial charge < -0.3 is 9.47 Å². The summed E-state index contributed by atoms with van der Waals surface area (Å²) in [4.78, 5) is 26.0. The molecule has 7 rings (SSSR count). The first-order chi connectivity index (χ1) is 17.8. The van der Waals surface area contributed by atoms with Crippen LogP contribution in [-0.4, -0.2) is 18.0 Å². The fourth-order valence-electron chi connectivity index (χ4n) is 7.45. The summed E-state index contributed by atoms with van der Waals surface area (Å²) in [5, 5.41) is 4.70. The molecule has 3 aromatic rings. The molecule has 2 unspecified atom stereocenters. The summed E-state index contributed by atoms with van der Waals surface area (Å²) in [6.07, 6.45) is 4.37. The van der Waals surface area contributed by atoms with Crippen LogP contribution in [0.25, 0.3) is 21.5 Å². The molecule has 4 aliphatic carbocycles. The lowest BCUT2D eigenvalue weighted by atomic mass is 9.50. The van der Waals surface area contributed by atoms with E-state index in [1.807, 2.05) is 20.8 Å². The van der Waals surface area contributed by atoms with Gasteiger partial charge in [0.15, 0.2) is 0 Å². The van der Waals surface area contributed by atoms with Crippen LogP contribution in [0.4, 0.5) is 0 Å². The average Bonchev–Trinajstić information content (AvgIpc) is 2.88. The molecule has 0 amide bonds. The van der Waals surface area contributed by atoms with Crippen LogP contribution in [-0.2, 0) is 19.1 Å². The average molecular weight is 564 g/mol. The van der Waals surface area contributed by atoms with Gasteiger partial charge in [0.05, 0.1) is 11.8 Å². The van der Waals surface area contributed by atoms with Gasteiger partial charge in [-0.25, -0.2) is 0 Å². The lowest BCUT2D eigenvalue weighted by Gasteiger charge is -2.56. The highest BCUT2D eigenvalue weighted by Crippen LogP contribution is 2.58. The molecule has 0 heterocycles. The summed E-state index contributed by atoms with van der Waals surface area (Å²) >= 11 is 3.83. The lowest BCUT2D eigenvalue weighted by molar-refractivity contribution is -0.191. The van der Waals surface area contributed by atoms with Crippen LogP contribution < -0.4 is 0 Å². The van der Waals surface area contributed by atoms with Crippen LogP contribution in [0.3, 0.4) is 0 Å². The molecule has 0 spiro atoms. The fraction of sp³-hybridized carbons (Fsp3) is 0.500. The Bertz CT molecular complexity index is 1330. The van der Waals surface area contributed by atoms with E-state index in [0.717, 1.165) is 52.9 Å². The van der Waals surface area contributed by atoms with Gasteiger partial charge in [-0.05, 0) is 112 Å². The second kappa shape index (κ2) is 9.72. The number of esters is 2. The van der Waals surface area contributed by atoms with Crippen molar-refractivity contribution in [1.29, 1.82) is 0 Å². The van der Waals surface area contributed by atoms with Gasteiger partial charge in [-0.3, -0.25) is 9.59 Å². The predicted octanol–water partition coefficient (Wildman–Crippen LogP) is 8.00. The third-order valence-corrected chi connectivity index (χ3v) is 10.4. The molecule has 0 aliphatic heterocycles. The first-order valence-corrected chi connectivity index (χ1v) is 14.6. The highest BCUT2D eigenvalue weighted by molar-refractivity contribution is 9.10. The Hall–Kier alpha value is -2.40. The van der Waals surface area contributed by atoms with Crippen LogP contribution >= 0.6 is 15.9 Å². The summed E-state index contributed by atoms with van der Waals surface area (Å²) in [6, 6.07) is 17.0. The van der Waals surface area contributed by atoms with Crippen LogP contribution in [0.15, 0.2) is 53.0 Å². The Morgan fingerprint density at radius 1 is 0.892 bits per heavy atom. The number of hydrogen-bond donors (Lipinski definition) is 0. The molecule has 0 radical (unpaired) electrons. The largest absolute Gasteiger partial charge is 0.462 e. The van der Waals surface area contributed by atoms with E-state index in [1.54, 1.807) is 0 Å². The molecule has 2 atom stereocenters. The molecule has 4 nitrogen and oxygen atoms in total. The summed E-state index contributed by atoms with van der Waals surface area (Å²) in [5.41, 5.74) is 0.997. The van der Waals surface area contributed by atoms with Crippen molar-refractivity contribution in [2.75, 3.05) is 0 Å². The second-order valence-electron chi connectivity index (χ2n) is 11.7. The standard InChI is InChI=1S/C32H35BrO4/c1-4-17(2)31(34)37-30-24-12-22-13-25(30)15-23(14-24)28(22)32(35)36-18(3)26-10-9-21-11-19-7-5-6-8-20(19)16-27(21)29(26)33/h5-11,16-18,22-25,28,30H,4,12-15H2,1-3H3. The van der Waals surface area contributed by atoms with Gasteiger partial charge in [-0.2, -0.15) is 0 Å². The molecule has 4 bridgehead atoms. The molecule has 0 aromatic heterocycles. The van der Waals surface area contributed by atoms with Crippen molar-refractivity contribution in [3.05, 3.63) is 58.6 Å². The van der Waals surface area contributed by atoms with E-state index in [9.17, 15) is 9.59 Å². The summed E-state index contributed by atoms with van der Waals surface area (Å²) in [6.45, 7) is 5.95. The van der Waals surface area contributed by atoms with Crippen molar-refractivity contribution in [1.82, 2.24) is 0 Å². The molecule has 194 valence electrons. The Kier molecular flexibility index (Phi) is 6.55. The maximum Gasteiger partial charge on any atom is 0.310 e. The smallest absolute Gasteiger partial charge is 0.310 e. The van der Waals surface area contributed by atoms with E-state index in [0.29, 0.717) is 23.7 Å². The van der Waals surface area contributed by atoms with Crippen molar-refractivity contribution < 1.29 is 19.1 Å². The molecule has 0 saturated heterocycles. The number of halogens is 1. The Labute approximate surface area is 227 Å². The normalized spacial score (nSPS) is 29.8. The minimum atomic E-state index is -0.334. The quantitative estimate of drug-likeness (QED) is 0.225. The third kappa shape index (κ3) is 4.37. The fourth-order valence-corrected chi connectivity index (χ4v) is 8.25. The zero-order chi connectivity index (χ0) is 25.8. The van der Waals surface area contributed by atoms with E-state index >= 15 is 0 Å². The van der Waals surface area contributed by atoms with Gasteiger partial charge in [0.1, 0.15) is 12.2 Å². The topological polar surface area (TPSA) is 52.6 Å². The van der Waals surface area contributed by atoms with E-state index < -0.39 is 0 Å². The lowest BCUT2D eigenvalue weighted by Crippen LogP contribution is -2.56. The van der Waals surface area contributed by atoms with Crippen LogP contribution in [0, 0.1) is 35.5 Å². The third-order valence-electron chi connectivity index (χ3n) is 9.49. The van der Waals surface area contributed by atoms with Gasteiger partial charge in [-0.15, -0.1) is 0 Å². The Balaban J connectivity index is 1.16. The summed E-state index contributed by atoms with van der Waals surface area (Å²) < 4.78 is 13.2. The van der Waals surface area contributed by atoms with E-state index in [-0.39, 0.29) is 36.0 Å². The predicted molar refractivity (Wildman–Crippen MR) is 149 cm³/mol. The molecule has 3 aromatic carbocycles. The first kappa shape index (κ1) is 24.9. The minimum absolute atomic E-state index is 0.0366. The van der Waals surface area contributed by atoms with Gasteiger partial charge in [0.2, 0.25) is 0 Å². The van der Waals surface area contributed by atoms with Gasteiger partial charge in [0, 0.05) is 10.0 Å². The number of carbonyl (C=O) groups excluding carboxylic acids is 2. The molecular formula is C32H35BrO4. The van der Waals surface area contributed by atoms with Gasteiger partial charge in [-0.1, -0.05) is 50.2 Å². The number of hydrogen-bond acceptors (Lipinski definition) is 4. The zero-order valence-electron chi connectivity index (χ0n) is 21.8. The molecular weight excluding hydrogens is 528 g/mol. The zero-order valence-corrected chi connectivity index (χ0v) is 23.4. The Morgan fingerprint density at radius 3 is 2.14 bits per heavy atom. The molecule has 5 heteroatoms. The molecule has 37 heavy (non-hydrogen) atoms. The number of fused-ring (bicyclic) bond motifs is 2. The molecule has 0 N–H and O–H groups in total. The summed E-state index contributed by atoms with van der Waals surface area (Å²) in [7, 11) is 0. The van der Waals surface area contributed by atoms with Crippen molar-refractivity contribution in [2.45, 2.75) is 65.1 Å². The Morgan fingerprint density at radius 2 is 1.51 bits per heavy atom. The van der Waals surface area contributed by atoms with Crippen LogP contribution in [0.1, 0.15) is 64.5 Å². The highest BCUT2D eigenvalue weighted by Gasteiger charge is 2.57. The SMILES string of the molecule is CCC(C)C(=O)OC1C2CC3CC1CC(C2)C3C(=O)OC(C)c1ccc2cc3ccccc3cc2c1Br. The van der Waals surface area contributed by atoms with E-state index in [2.05, 4.69) is 64.5 Å². The maximum absolute atomic E-state index is 13.5. The summed E-state index contributed by atoms with van der Waals surface area (Å²) in [5.74, 6) is 1.26. The number of benzene rings is 3. The number of rotatable bonds is 6. The van der Waals surface area contributed by atoms with Crippen molar-refractivity contribution in [3.63, 3.8) is 0 Å². The van der Waals surface area contributed by atoms with Crippen molar-refractivity contribution >= 4 is 49.4 Å². The van der Waals surface area contributed by atoms with Gasteiger partial charge >= 0.3 is 11.9 Å². The van der Waals surface area contributed by atoms with Crippen molar-refractivity contribution in [3.8, 4) is 0 Å². The first-order valence-electron chi connectivity index (χ1n) is 13.9. The molecule has 4 fully saturated rings. The maximum atomic E-state index is 13.5. The second-order valence-corrected chi connectivity index (χ2v) is 12.5. The van der Waals surface area contributed by atoms with E-state index in [4.69, 9.17) is 9.47 Å². The number of carbonyl (C=O) groups is 2. The van der Waals surface area contributed by atoms with E-state index in [1.165, 1.54) is 10.8 Å². The van der Waals surface area contributed by atoms with Crippen LogP contribution in [0.2, 0.25) is 0 Å². The molecule has 4 aliphatic rings. The highest BCUT2D eigenvalue weighted by atomic mass is 79.9. The molecule has 4 saturated carbocycles.